The highest BCUT2D eigenvalue weighted by Gasteiger charge is 2.13. The zero-order chi connectivity index (χ0) is 12.4. The molecule has 0 bridgehead atoms. The molecular weight excluding hydrogens is 222 g/mol. The lowest BCUT2D eigenvalue weighted by Gasteiger charge is -2.17. The molecule has 94 valence electrons. The molecule has 1 aliphatic rings. The molecule has 0 radical (unpaired) electrons. The zero-order valence-corrected chi connectivity index (χ0v) is 10.8. The van der Waals surface area contributed by atoms with E-state index in [1.54, 1.807) is 0 Å². The van der Waals surface area contributed by atoms with Gasteiger partial charge in [0.2, 0.25) is 0 Å². The van der Waals surface area contributed by atoms with Gasteiger partial charge in [0.05, 0.1) is 5.69 Å². The van der Waals surface area contributed by atoms with Gasteiger partial charge in [0.15, 0.2) is 0 Å². The maximum absolute atomic E-state index is 4.56. The number of nitrogens with zero attached hydrogens (tertiary/aromatic N) is 3. The second-order valence-electron chi connectivity index (χ2n) is 4.80. The number of aryl methyl sites for hydroxylation is 1. The van der Waals surface area contributed by atoms with Crippen molar-refractivity contribution in [3.8, 4) is 11.3 Å². The van der Waals surface area contributed by atoms with Crippen molar-refractivity contribution >= 4 is 5.69 Å². The minimum absolute atomic E-state index is 0.922. The lowest BCUT2D eigenvalue weighted by Crippen LogP contribution is -2.17. The van der Waals surface area contributed by atoms with Gasteiger partial charge < -0.3 is 4.90 Å². The Morgan fingerprint density at radius 3 is 2.72 bits per heavy atom. The first-order valence-electron chi connectivity index (χ1n) is 6.75. The highest BCUT2D eigenvalue weighted by atomic mass is 15.3. The quantitative estimate of drug-likeness (QED) is 0.823. The number of anilines is 1. The molecule has 0 amide bonds. The van der Waals surface area contributed by atoms with Crippen molar-refractivity contribution in [1.82, 2.24) is 9.78 Å². The second kappa shape index (κ2) is 4.84. The number of hydrogen-bond acceptors (Lipinski definition) is 2. The van der Waals surface area contributed by atoms with Crippen LogP contribution >= 0.6 is 0 Å². The smallest absolute Gasteiger partial charge is 0.0923 e. The van der Waals surface area contributed by atoms with Gasteiger partial charge >= 0.3 is 0 Å². The van der Waals surface area contributed by atoms with Crippen LogP contribution in [0.2, 0.25) is 0 Å². The van der Waals surface area contributed by atoms with Gasteiger partial charge in [-0.05, 0) is 38.0 Å². The second-order valence-corrected chi connectivity index (χ2v) is 4.80. The van der Waals surface area contributed by atoms with Crippen LogP contribution < -0.4 is 4.90 Å². The molecule has 1 aliphatic heterocycles. The van der Waals surface area contributed by atoms with Crippen LogP contribution in [0.5, 0.6) is 0 Å². The Morgan fingerprint density at radius 1 is 1.17 bits per heavy atom. The molecule has 2 aromatic rings. The molecule has 1 fully saturated rings. The van der Waals surface area contributed by atoms with Gasteiger partial charge in [-0.3, -0.25) is 4.68 Å². The first-order valence-corrected chi connectivity index (χ1v) is 6.75. The van der Waals surface area contributed by atoms with Crippen LogP contribution in [-0.4, -0.2) is 22.9 Å². The van der Waals surface area contributed by atoms with Crippen LogP contribution in [0.25, 0.3) is 11.3 Å². The number of aromatic nitrogens is 2. The fraction of sp³-hybridized carbons (Fsp3) is 0.400. The summed E-state index contributed by atoms with van der Waals surface area (Å²) in [7, 11) is 0. The summed E-state index contributed by atoms with van der Waals surface area (Å²) >= 11 is 0. The topological polar surface area (TPSA) is 21.1 Å². The fourth-order valence-electron chi connectivity index (χ4n) is 2.53. The van der Waals surface area contributed by atoms with Crippen molar-refractivity contribution in [2.75, 3.05) is 18.0 Å². The van der Waals surface area contributed by atoms with E-state index in [1.807, 2.05) is 10.9 Å². The molecule has 2 heterocycles. The Kier molecular flexibility index (Phi) is 3.05. The summed E-state index contributed by atoms with van der Waals surface area (Å²) in [6.45, 7) is 5.41. The van der Waals surface area contributed by atoms with Crippen LogP contribution in [-0.2, 0) is 6.54 Å². The van der Waals surface area contributed by atoms with E-state index in [-0.39, 0.29) is 0 Å². The van der Waals surface area contributed by atoms with E-state index in [4.69, 9.17) is 0 Å². The van der Waals surface area contributed by atoms with Gasteiger partial charge in [-0.1, -0.05) is 12.1 Å². The molecule has 1 aromatic carbocycles. The normalized spacial score (nSPS) is 15.3. The summed E-state index contributed by atoms with van der Waals surface area (Å²) < 4.78 is 1.97. The number of benzene rings is 1. The van der Waals surface area contributed by atoms with Crippen LogP contribution in [0.1, 0.15) is 19.8 Å². The third-order valence-corrected chi connectivity index (χ3v) is 3.58. The van der Waals surface area contributed by atoms with Gasteiger partial charge in [-0.25, -0.2) is 0 Å². The summed E-state index contributed by atoms with van der Waals surface area (Å²) in [5, 5.41) is 4.56. The number of rotatable bonds is 3. The number of hydrogen-bond donors (Lipinski definition) is 0. The largest absolute Gasteiger partial charge is 0.372 e. The summed E-state index contributed by atoms with van der Waals surface area (Å²) in [6.07, 6.45) is 4.67. The first kappa shape index (κ1) is 11.3. The Bertz CT molecular complexity index is 524. The van der Waals surface area contributed by atoms with Crippen molar-refractivity contribution < 1.29 is 0 Å². The van der Waals surface area contributed by atoms with Crippen LogP contribution in [0.15, 0.2) is 36.5 Å². The van der Waals surface area contributed by atoms with Crippen LogP contribution in [0.3, 0.4) is 0 Å². The van der Waals surface area contributed by atoms with E-state index in [0.29, 0.717) is 0 Å². The van der Waals surface area contributed by atoms with Gasteiger partial charge in [0, 0.05) is 37.1 Å². The van der Waals surface area contributed by atoms with Gasteiger partial charge in [-0.2, -0.15) is 5.10 Å². The van der Waals surface area contributed by atoms with E-state index in [0.717, 1.165) is 12.2 Å². The standard InChI is InChI=1S/C15H19N3/c1-2-18-11-8-15(16-18)13-6-5-7-14(12-13)17-9-3-4-10-17/h5-8,11-12H,2-4,9-10H2,1H3. The first-order chi connectivity index (χ1) is 8.86. The highest BCUT2D eigenvalue weighted by molar-refractivity contribution is 5.65. The lowest BCUT2D eigenvalue weighted by molar-refractivity contribution is 0.662. The Hall–Kier alpha value is -1.77. The average Bonchev–Trinajstić information content (AvgIpc) is 3.10. The molecule has 1 aromatic heterocycles. The third-order valence-electron chi connectivity index (χ3n) is 3.58. The maximum atomic E-state index is 4.56. The molecule has 3 rings (SSSR count). The molecule has 0 atom stereocenters. The summed E-state index contributed by atoms with van der Waals surface area (Å²) in [4.78, 5) is 2.46. The predicted octanol–water partition coefficient (Wildman–Crippen LogP) is 3.17. The Labute approximate surface area is 108 Å². The lowest BCUT2D eigenvalue weighted by atomic mass is 10.1. The molecule has 0 N–H and O–H groups in total. The summed E-state index contributed by atoms with van der Waals surface area (Å²) in [6, 6.07) is 10.8. The molecule has 0 saturated carbocycles. The molecule has 3 heteroatoms. The molecule has 0 aliphatic carbocycles. The van der Waals surface area contributed by atoms with Gasteiger partial charge in [-0.15, -0.1) is 0 Å². The Morgan fingerprint density at radius 2 is 2.00 bits per heavy atom. The van der Waals surface area contributed by atoms with Gasteiger partial charge in [0.1, 0.15) is 0 Å². The summed E-state index contributed by atoms with van der Waals surface area (Å²) in [5.74, 6) is 0. The zero-order valence-electron chi connectivity index (χ0n) is 10.8. The van der Waals surface area contributed by atoms with E-state index < -0.39 is 0 Å². The SMILES string of the molecule is CCn1ccc(-c2cccc(N3CCCC3)c2)n1. The molecule has 0 spiro atoms. The van der Waals surface area contributed by atoms with Crippen molar-refractivity contribution in [3.63, 3.8) is 0 Å². The van der Waals surface area contributed by atoms with Crippen molar-refractivity contribution in [1.29, 1.82) is 0 Å². The fourth-order valence-corrected chi connectivity index (χ4v) is 2.53. The average molecular weight is 241 g/mol. The van der Waals surface area contributed by atoms with E-state index in [2.05, 4.69) is 47.3 Å². The monoisotopic (exact) mass is 241 g/mol. The molecular formula is C15H19N3. The molecule has 1 saturated heterocycles. The van der Waals surface area contributed by atoms with Crippen molar-refractivity contribution in [2.45, 2.75) is 26.3 Å². The third kappa shape index (κ3) is 2.13. The van der Waals surface area contributed by atoms with Gasteiger partial charge in [0.25, 0.3) is 0 Å². The minimum atomic E-state index is 0.922. The van der Waals surface area contributed by atoms with Crippen molar-refractivity contribution in [3.05, 3.63) is 36.5 Å². The predicted molar refractivity (Wildman–Crippen MR) is 74.8 cm³/mol. The van der Waals surface area contributed by atoms with Crippen molar-refractivity contribution in [2.24, 2.45) is 0 Å². The van der Waals surface area contributed by atoms with E-state index in [1.165, 1.54) is 37.2 Å². The molecule has 0 unspecified atom stereocenters. The molecule has 3 nitrogen and oxygen atoms in total. The van der Waals surface area contributed by atoms with Crippen LogP contribution in [0, 0.1) is 0 Å². The maximum Gasteiger partial charge on any atom is 0.0923 e. The summed E-state index contributed by atoms with van der Waals surface area (Å²) in [5.41, 5.74) is 3.61. The van der Waals surface area contributed by atoms with E-state index >= 15 is 0 Å². The van der Waals surface area contributed by atoms with Crippen LogP contribution in [0.4, 0.5) is 5.69 Å². The molecule has 18 heavy (non-hydrogen) atoms. The highest BCUT2D eigenvalue weighted by Crippen LogP contribution is 2.25. The minimum Gasteiger partial charge on any atom is -0.372 e. The van der Waals surface area contributed by atoms with E-state index in [9.17, 15) is 0 Å². The Balaban J connectivity index is 1.90.